The summed E-state index contributed by atoms with van der Waals surface area (Å²) in [6, 6.07) is 16.9. The molecule has 2 N–H and O–H groups in total. The fourth-order valence-corrected chi connectivity index (χ4v) is 3.92. The van der Waals surface area contributed by atoms with Crippen molar-refractivity contribution in [2.45, 2.75) is 26.9 Å². The minimum atomic E-state index is -0.525. The first-order valence-corrected chi connectivity index (χ1v) is 12.3. The fraction of sp³-hybridized carbons (Fsp3) is 0.192. The van der Waals surface area contributed by atoms with Crippen molar-refractivity contribution in [3.05, 3.63) is 85.8 Å². The first-order chi connectivity index (χ1) is 16.7. The zero-order valence-electron chi connectivity index (χ0n) is 19.5. The van der Waals surface area contributed by atoms with Crippen LogP contribution in [0.15, 0.2) is 68.6 Å². The van der Waals surface area contributed by atoms with E-state index in [-0.39, 0.29) is 6.42 Å². The number of hydrogen-bond acceptors (Lipinski definition) is 5. The van der Waals surface area contributed by atoms with E-state index in [4.69, 9.17) is 9.47 Å². The first kappa shape index (κ1) is 26.4. The summed E-state index contributed by atoms with van der Waals surface area (Å²) in [7, 11) is 1.55. The van der Waals surface area contributed by atoms with E-state index in [2.05, 4.69) is 47.7 Å². The van der Waals surface area contributed by atoms with E-state index in [0.29, 0.717) is 33.8 Å². The Kier molecular flexibility index (Phi) is 9.45. The van der Waals surface area contributed by atoms with Crippen LogP contribution in [0, 0.1) is 13.8 Å². The van der Waals surface area contributed by atoms with Crippen LogP contribution in [0.5, 0.6) is 11.5 Å². The molecule has 7 nitrogen and oxygen atoms in total. The number of anilines is 1. The SMILES string of the molecule is COc1cc(C=NNC(=O)CC(=O)Nc2ccc(C)c(C)c2)cc(Br)c1OCc1ccc(Br)cc1. The number of benzene rings is 3. The lowest BCUT2D eigenvalue weighted by Gasteiger charge is -2.13. The van der Waals surface area contributed by atoms with Crippen molar-refractivity contribution < 1.29 is 19.1 Å². The zero-order valence-corrected chi connectivity index (χ0v) is 22.7. The number of methoxy groups -OCH3 is 1. The lowest BCUT2D eigenvalue weighted by molar-refractivity contribution is -0.126. The molecule has 182 valence electrons. The van der Waals surface area contributed by atoms with Gasteiger partial charge in [0.25, 0.3) is 0 Å². The maximum Gasteiger partial charge on any atom is 0.249 e. The quantitative estimate of drug-likeness (QED) is 0.181. The highest BCUT2D eigenvalue weighted by Crippen LogP contribution is 2.37. The molecule has 9 heteroatoms. The van der Waals surface area contributed by atoms with Crippen LogP contribution in [0.25, 0.3) is 0 Å². The Bertz CT molecular complexity index is 1240. The van der Waals surface area contributed by atoms with Crippen LogP contribution in [0.4, 0.5) is 5.69 Å². The number of carbonyl (C=O) groups is 2. The largest absolute Gasteiger partial charge is 0.493 e. The predicted molar refractivity (Wildman–Crippen MR) is 144 cm³/mol. The summed E-state index contributed by atoms with van der Waals surface area (Å²) in [6.45, 7) is 4.32. The van der Waals surface area contributed by atoms with Crippen LogP contribution in [0.3, 0.4) is 0 Å². The summed E-state index contributed by atoms with van der Waals surface area (Å²) in [5.74, 6) is 0.123. The highest BCUT2D eigenvalue weighted by molar-refractivity contribution is 9.10. The molecule has 0 saturated carbocycles. The van der Waals surface area contributed by atoms with Gasteiger partial charge in [-0.1, -0.05) is 34.1 Å². The summed E-state index contributed by atoms with van der Waals surface area (Å²) in [5.41, 5.74) is 6.88. The van der Waals surface area contributed by atoms with Crippen molar-refractivity contribution >= 4 is 55.6 Å². The molecular formula is C26H25Br2N3O4. The molecule has 3 rings (SSSR count). The fourth-order valence-electron chi connectivity index (χ4n) is 3.08. The van der Waals surface area contributed by atoms with E-state index in [1.54, 1.807) is 25.3 Å². The molecule has 35 heavy (non-hydrogen) atoms. The molecule has 0 bridgehead atoms. The van der Waals surface area contributed by atoms with Gasteiger partial charge in [0.05, 0.1) is 17.8 Å². The Morgan fingerprint density at radius 2 is 1.71 bits per heavy atom. The average Bonchev–Trinajstić information content (AvgIpc) is 2.81. The smallest absolute Gasteiger partial charge is 0.249 e. The van der Waals surface area contributed by atoms with Crippen molar-refractivity contribution in [1.82, 2.24) is 5.43 Å². The monoisotopic (exact) mass is 601 g/mol. The van der Waals surface area contributed by atoms with Gasteiger partial charge in [0.1, 0.15) is 13.0 Å². The third-order valence-electron chi connectivity index (χ3n) is 5.06. The second kappa shape index (κ2) is 12.5. The van der Waals surface area contributed by atoms with Crippen LogP contribution in [-0.2, 0) is 16.2 Å². The van der Waals surface area contributed by atoms with Crippen LogP contribution in [0.2, 0.25) is 0 Å². The van der Waals surface area contributed by atoms with Gasteiger partial charge in [-0.25, -0.2) is 5.43 Å². The van der Waals surface area contributed by atoms with Gasteiger partial charge >= 0.3 is 0 Å². The van der Waals surface area contributed by atoms with Crippen LogP contribution < -0.4 is 20.2 Å². The standard InChI is InChI=1S/C26H25Br2N3O4/c1-16-4-9-21(10-17(16)2)30-24(32)13-25(33)31-29-14-19-11-22(28)26(23(12-19)34-3)35-15-18-5-7-20(27)8-6-18/h4-12,14H,13,15H2,1-3H3,(H,30,32)(H,31,33). The number of hydrazone groups is 1. The molecule has 0 atom stereocenters. The highest BCUT2D eigenvalue weighted by Gasteiger charge is 2.12. The van der Waals surface area contributed by atoms with Crippen molar-refractivity contribution in [3.8, 4) is 11.5 Å². The van der Waals surface area contributed by atoms with Crippen molar-refractivity contribution in [1.29, 1.82) is 0 Å². The molecule has 0 aliphatic carbocycles. The normalized spacial score (nSPS) is 10.8. The number of carbonyl (C=O) groups excluding carboxylic acids is 2. The van der Waals surface area contributed by atoms with Crippen LogP contribution in [0.1, 0.15) is 28.7 Å². The van der Waals surface area contributed by atoms with Gasteiger partial charge in [-0.15, -0.1) is 0 Å². The Hall–Kier alpha value is -3.17. The number of nitrogens with zero attached hydrogens (tertiary/aromatic N) is 1. The third kappa shape index (κ3) is 7.93. The number of amides is 2. The van der Waals surface area contributed by atoms with Gasteiger partial charge in [-0.2, -0.15) is 5.10 Å². The van der Waals surface area contributed by atoms with Gasteiger partial charge in [0, 0.05) is 10.2 Å². The number of rotatable bonds is 9. The lowest BCUT2D eigenvalue weighted by Crippen LogP contribution is -2.24. The van der Waals surface area contributed by atoms with Gasteiger partial charge in [-0.3, -0.25) is 9.59 Å². The second-order valence-electron chi connectivity index (χ2n) is 7.77. The summed E-state index contributed by atoms with van der Waals surface area (Å²) in [4.78, 5) is 24.2. The lowest BCUT2D eigenvalue weighted by atomic mass is 10.1. The predicted octanol–water partition coefficient (Wildman–Crippen LogP) is 5.89. The van der Waals surface area contributed by atoms with Crippen LogP contribution in [-0.4, -0.2) is 25.1 Å². The van der Waals surface area contributed by atoms with Gasteiger partial charge in [0.15, 0.2) is 11.5 Å². The Morgan fingerprint density at radius 3 is 2.40 bits per heavy atom. The second-order valence-corrected chi connectivity index (χ2v) is 9.54. The number of nitrogens with one attached hydrogen (secondary N) is 2. The molecule has 0 spiro atoms. The first-order valence-electron chi connectivity index (χ1n) is 10.7. The molecule has 3 aromatic rings. The Morgan fingerprint density at radius 1 is 0.971 bits per heavy atom. The van der Waals surface area contributed by atoms with Crippen molar-refractivity contribution in [2.24, 2.45) is 5.10 Å². The van der Waals surface area contributed by atoms with E-state index >= 15 is 0 Å². The minimum Gasteiger partial charge on any atom is -0.493 e. The van der Waals surface area contributed by atoms with E-state index in [0.717, 1.165) is 21.2 Å². The molecular weight excluding hydrogens is 578 g/mol. The molecule has 0 aliphatic rings. The number of aryl methyl sites for hydroxylation is 2. The number of halogens is 2. The topological polar surface area (TPSA) is 89.0 Å². The van der Waals surface area contributed by atoms with Gasteiger partial charge < -0.3 is 14.8 Å². The molecule has 0 fully saturated rings. The van der Waals surface area contributed by atoms with Crippen molar-refractivity contribution in [2.75, 3.05) is 12.4 Å². The van der Waals surface area contributed by atoms with E-state index < -0.39 is 11.8 Å². The Balaban J connectivity index is 1.56. The molecule has 0 radical (unpaired) electrons. The molecule has 0 aliphatic heterocycles. The number of ether oxygens (including phenoxy) is 2. The number of hydrogen-bond donors (Lipinski definition) is 2. The molecule has 0 saturated heterocycles. The molecule has 2 amide bonds. The maximum absolute atomic E-state index is 12.1. The van der Waals surface area contributed by atoms with Gasteiger partial charge in [-0.05, 0) is 88.4 Å². The van der Waals surface area contributed by atoms with Gasteiger partial charge in [0.2, 0.25) is 11.8 Å². The minimum absolute atomic E-state index is 0.347. The molecule has 3 aromatic carbocycles. The van der Waals surface area contributed by atoms with Crippen LogP contribution >= 0.6 is 31.9 Å². The molecule has 0 heterocycles. The van der Waals surface area contributed by atoms with E-state index in [1.165, 1.54) is 6.21 Å². The third-order valence-corrected chi connectivity index (χ3v) is 6.18. The van der Waals surface area contributed by atoms with E-state index in [1.807, 2.05) is 50.2 Å². The molecule has 0 unspecified atom stereocenters. The summed E-state index contributed by atoms with van der Waals surface area (Å²) >= 11 is 6.92. The zero-order chi connectivity index (χ0) is 25.4. The summed E-state index contributed by atoms with van der Waals surface area (Å²) < 4.78 is 13.1. The Labute approximate surface area is 221 Å². The summed E-state index contributed by atoms with van der Waals surface area (Å²) in [6.07, 6.45) is 1.12. The molecule has 0 aromatic heterocycles. The van der Waals surface area contributed by atoms with E-state index in [9.17, 15) is 9.59 Å². The summed E-state index contributed by atoms with van der Waals surface area (Å²) in [5, 5.41) is 6.66. The highest BCUT2D eigenvalue weighted by atomic mass is 79.9. The van der Waals surface area contributed by atoms with Crippen molar-refractivity contribution in [3.63, 3.8) is 0 Å². The average molecular weight is 603 g/mol. The maximum atomic E-state index is 12.1.